The van der Waals surface area contributed by atoms with Crippen LogP contribution in [0.3, 0.4) is 0 Å². The lowest BCUT2D eigenvalue weighted by atomic mass is 10.1. The number of carbonyl (C=O) groups is 1. The fourth-order valence-corrected chi connectivity index (χ4v) is 2.92. The van der Waals surface area contributed by atoms with Crippen LogP contribution >= 0.6 is 0 Å². The van der Waals surface area contributed by atoms with Crippen LogP contribution in [0.1, 0.15) is 11.1 Å². The molecule has 0 fully saturated rings. The summed E-state index contributed by atoms with van der Waals surface area (Å²) in [4.78, 5) is 12.0. The number of amides is 1. The molecule has 0 aromatic heterocycles. The summed E-state index contributed by atoms with van der Waals surface area (Å²) in [6, 6.07) is 11.6. The third-order valence-electron chi connectivity index (χ3n) is 4.51. The second kappa shape index (κ2) is 11.8. The van der Waals surface area contributed by atoms with Crippen molar-refractivity contribution < 1.29 is 23.7 Å². The van der Waals surface area contributed by atoms with Gasteiger partial charge in [-0.05, 0) is 54.8 Å². The van der Waals surface area contributed by atoms with Gasteiger partial charge >= 0.3 is 0 Å². The Hall–Kier alpha value is -2.93. The van der Waals surface area contributed by atoms with Crippen molar-refractivity contribution >= 4 is 5.91 Å². The van der Waals surface area contributed by atoms with Crippen molar-refractivity contribution in [1.82, 2.24) is 10.6 Å². The Bertz CT molecular complexity index is 795. The number of carbonyl (C=O) groups excluding carboxylic acids is 1. The van der Waals surface area contributed by atoms with E-state index in [1.54, 1.807) is 28.4 Å². The molecule has 7 heteroatoms. The third-order valence-corrected chi connectivity index (χ3v) is 4.51. The van der Waals surface area contributed by atoms with Gasteiger partial charge in [-0.15, -0.1) is 0 Å². The first-order valence-corrected chi connectivity index (χ1v) is 9.50. The van der Waals surface area contributed by atoms with E-state index in [2.05, 4.69) is 10.6 Å². The van der Waals surface area contributed by atoms with Crippen LogP contribution in [0.2, 0.25) is 0 Å². The molecular weight excluding hydrogens is 372 g/mol. The average Bonchev–Trinajstić information content (AvgIpc) is 2.76. The molecule has 0 bridgehead atoms. The van der Waals surface area contributed by atoms with E-state index in [0.717, 1.165) is 24.0 Å². The quantitative estimate of drug-likeness (QED) is 0.530. The number of hydrogen-bond donors (Lipinski definition) is 2. The largest absolute Gasteiger partial charge is 0.493 e. The van der Waals surface area contributed by atoms with Crippen LogP contribution in [0.5, 0.6) is 23.0 Å². The van der Waals surface area contributed by atoms with E-state index in [4.69, 9.17) is 18.9 Å². The van der Waals surface area contributed by atoms with E-state index in [1.165, 1.54) is 0 Å². The van der Waals surface area contributed by atoms with Crippen LogP contribution < -0.4 is 29.6 Å². The molecule has 2 N–H and O–H groups in total. The maximum Gasteiger partial charge on any atom is 0.233 e. The van der Waals surface area contributed by atoms with Crippen molar-refractivity contribution in [2.75, 3.05) is 48.1 Å². The van der Waals surface area contributed by atoms with Gasteiger partial charge in [-0.25, -0.2) is 0 Å². The summed E-state index contributed by atoms with van der Waals surface area (Å²) in [7, 11) is 6.45. The molecule has 29 heavy (non-hydrogen) atoms. The van der Waals surface area contributed by atoms with E-state index in [1.807, 2.05) is 36.4 Å². The number of nitrogens with one attached hydrogen (secondary N) is 2. The maximum atomic E-state index is 12.0. The van der Waals surface area contributed by atoms with Gasteiger partial charge in [0.15, 0.2) is 23.0 Å². The van der Waals surface area contributed by atoms with Crippen molar-refractivity contribution in [3.8, 4) is 23.0 Å². The molecule has 0 radical (unpaired) electrons. The molecule has 0 saturated carbocycles. The first-order chi connectivity index (χ1) is 14.1. The predicted octanol–water partition coefficient (Wildman–Crippen LogP) is 2.21. The number of benzene rings is 2. The fourth-order valence-electron chi connectivity index (χ4n) is 2.92. The first kappa shape index (κ1) is 22.4. The molecule has 0 aliphatic carbocycles. The van der Waals surface area contributed by atoms with Gasteiger partial charge < -0.3 is 29.6 Å². The molecule has 0 aliphatic rings. The molecule has 0 saturated heterocycles. The molecule has 2 rings (SSSR count). The van der Waals surface area contributed by atoms with Gasteiger partial charge in [0.05, 0.1) is 35.0 Å². The Morgan fingerprint density at radius 3 is 1.69 bits per heavy atom. The number of rotatable bonds is 12. The summed E-state index contributed by atoms with van der Waals surface area (Å²) >= 11 is 0. The molecule has 0 atom stereocenters. The normalized spacial score (nSPS) is 10.3. The van der Waals surface area contributed by atoms with Crippen molar-refractivity contribution in [1.29, 1.82) is 0 Å². The molecular formula is C22H30N2O5. The molecule has 158 valence electrons. The SMILES string of the molecule is COc1ccc(CCNCC(=O)NCCc2ccc(OC)c(OC)c2)cc1OC. The summed E-state index contributed by atoms with van der Waals surface area (Å²) in [6.07, 6.45) is 1.51. The van der Waals surface area contributed by atoms with Gasteiger partial charge in [0.25, 0.3) is 0 Å². The van der Waals surface area contributed by atoms with Crippen molar-refractivity contribution in [3.63, 3.8) is 0 Å². The van der Waals surface area contributed by atoms with Gasteiger partial charge in [-0.3, -0.25) is 4.79 Å². The number of hydrogen-bond acceptors (Lipinski definition) is 6. The minimum absolute atomic E-state index is 0.0298. The Balaban J connectivity index is 1.67. The predicted molar refractivity (Wildman–Crippen MR) is 112 cm³/mol. The van der Waals surface area contributed by atoms with E-state index in [9.17, 15) is 4.79 Å². The molecule has 7 nitrogen and oxygen atoms in total. The third kappa shape index (κ3) is 6.87. The molecule has 0 unspecified atom stereocenters. The van der Waals surface area contributed by atoms with Gasteiger partial charge in [0, 0.05) is 6.54 Å². The fraction of sp³-hybridized carbons (Fsp3) is 0.409. The highest BCUT2D eigenvalue weighted by Crippen LogP contribution is 2.28. The van der Waals surface area contributed by atoms with E-state index >= 15 is 0 Å². The maximum absolute atomic E-state index is 12.0. The number of ether oxygens (including phenoxy) is 4. The van der Waals surface area contributed by atoms with Crippen LogP contribution in [-0.2, 0) is 17.6 Å². The molecule has 2 aromatic rings. The minimum Gasteiger partial charge on any atom is -0.493 e. The van der Waals surface area contributed by atoms with Gasteiger partial charge in [0.1, 0.15) is 0 Å². The molecule has 0 heterocycles. The van der Waals surface area contributed by atoms with Gasteiger partial charge in [-0.1, -0.05) is 12.1 Å². The highest BCUT2D eigenvalue weighted by atomic mass is 16.5. The zero-order valence-corrected chi connectivity index (χ0v) is 17.5. The summed E-state index contributed by atoms with van der Waals surface area (Å²) in [5.41, 5.74) is 2.19. The van der Waals surface area contributed by atoms with Crippen molar-refractivity contribution in [2.24, 2.45) is 0 Å². The van der Waals surface area contributed by atoms with Crippen LogP contribution in [0.15, 0.2) is 36.4 Å². The first-order valence-electron chi connectivity index (χ1n) is 9.50. The van der Waals surface area contributed by atoms with Gasteiger partial charge in [0.2, 0.25) is 5.91 Å². The molecule has 1 amide bonds. The smallest absolute Gasteiger partial charge is 0.233 e. The lowest BCUT2D eigenvalue weighted by Crippen LogP contribution is -2.35. The lowest BCUT2D eigenvalue weighted by Gasteiger charge is -2.11. The monoisotopic (exact) mass is 402 g/mol. The van der Waals surface area contributed by atoms with E-state index in [-0.39, 0.29) is 12.5 Å². The second-order valence-electron chi connectivity index (χ2n) is 6.41. The Morgan fingerprint density at radius 2 is 1.21 bits per heavy atom. The standard InChI is InChI=1S/C22H30N2O5/c1-26-18-7-5-16(13-20(18)28-3)9-11-23-15-22(25)24-12-10-17-6-8-19(27-2)21(14-17)29-4/h5-8,13-14,23H,9-12,15H2,1-4H3,(H,24,25). The van der Waals surface area contributed by atoms with E-state index in [0.29, 0.717) is 36.1 Å². The summed E-state index contributed by atoms with van der Waals surface area (Å²) in [5.74, 6) is 2.76. The molecule has 0 spiro atoms. The zero-order valence-electron chi connectivity index (χ0n) is 17.5. The van der Waals surface area contributed by atoms with Crippen LogP contribution in [-0.4, -0.2) is 54.0 Å². The Kier molecular flexibility index (Phi) is 9.11. The zero-order chi connectivity index (χ0) is 21.1. The lowest BCUT2D eigenvalue weighted by molar-refractivity contribution is -0.120. The van der Waals surface area contributed by atoms with Crippen LogP contribution in [0.4, 0.5) is 0 Å². The summed E-state index contributed by atoms with van der Waals surface area (Å²) < 4.78 is 21.1. The van der Waals surface area contributed by atoms with Crippen molar-refractivity contribution in [3.05, 3.63) is 47.5 Å². The van der Waals surface area contributed by atoms with Crippen LogP contribution in [0, 0.1) is 0 Å². The number of methoxy groups -OCH3 is 4. The average molecular weight is 402 g/mol. The molecule has 0 aliphatic heterocycles. The highest BCUT2D eigenvalue weighted by molar-refractivity contribution is 5.77. The molecule has 2 aromatic carbocycles. The van der Waals surface area contributed by atoms with Gasteiger partial charge in [-0.2, -0.15) is 0 Å². The summed E-state index contributed by atoms with van der Waals surface area (Å²) in [6.45, 7) is 1.53. The Labute approximate surface area is 172 Å². The highest BCUT2D eigenvalue weighted by Gasteiger charge is 2.07. The minimum atomic E-state index is -0.0298. The summed E-state index contributed by atoms with van der Waals surface area (Å²) in [5, 5.41) is 6.08. The second-order valence-corrected chi connectivity index (χ2v) is 6.41. The topological polar surface area (TPSA) is 78.1 Å². The Morgan fingerprint density at radius 1 is 0.724 bits per heavy atom. The van der Waals surface area contributed by atoms with Crippen LogP contribution in [0.25, 0.3) is 0 Å². The van der Waals surface area contributed by atoms with Crippen molar-refractivity contribution in [2.45, 2.75) is 12.8 Å². The van der Waals surface area contributed by atoms with E-state index < -0.39 is 0 Å².